The highest BCUT2D eigenvalue weighted by atomic mass is 35.5. The second-order valence-corrected chi connectivity index (χ2v) is 7.00. The van der Waals surface area contributed by atoms with Crippen molar-refractivity contribution in [3.05, 3.63) is 62.9 Å². The summed E-state index contributed by atoms with van der Waals surface area (Å²) in [6.07, 6.45) is 1.15. The van der Waals surface area contributed by atoms with Crippen LogP contribution in [-0.4, -0.2) is 8.42 Å². The van der Waals surface area contributed by atoms with Gasteiger partial charge in [-0.2, -0.15) is 4.73 Å². The maximum absolute atomic E-state index is 12.4. The van der Waals surface area contributed by atoms with E-state index >= 15 is 0 Å². The molecule has 1 aromatic heterocycles. The number of halogens is 2. The van der Waals surface area contributed by atoms with E-state index in [0.717, 1.165) is 6.20 Å². The maximum Gasteiger partial charge on any atom is 0.311 e. The van der Waals surface area contributed by atoms with Gasteiger partial charge in [0.15, 0.2) is 6.20 Å². The Labute approximate surface area is 127 Å². The van der Waals surface area contributed by atoms with Crippen molar-refractivity contribution < 1.29 is 13.1 Å². The summed E-state index contributed by atoms with van der Waals surface area (Å²) in [6.45, 7) is 1.56. The summed E-state index contributed by atoms with van der Waals surface area (Å²) in [5, 5.41) is 11.9. The predicted molar refractivity (Wildman–Crippen MR) is 77.5 cm³/mol. The highest BCUT2D eigenvalue weighted by molar-refractivity contribution is 7.90. The summed E-state index contributed by atoms with van der Waals surface area (Å²) in [5.41, 5.74) is 0.671. The lowest BCUT2D eigenvalue weighted by Gasteiger charge is -2.10. The van der Waals surface area contributed by atoms with Gasteiger partial charge in [-0.1, -0.05) is 29.3 Å². The van der Waals surface area contributed by atoms with E-state index in [-0.39, 0.29) is 15.1 Å². The zero-order chi connectivity index (χ0) is 14.9. The van der Waals surface area contributed by atoms with Gasteiger partial charge in [0.2, 0.25) is 9.84 Å². The normalized spacial score (nSPS) is 11.6. The molecule has 0 saturated heterocycles. The molecule has 0 aliphatic rings. The van der Waals surface area contributed by atoms with Crippen LogP contribution in [0.15, 0.2) is 41.6 Å². The number of pyridine rings is 1. The first kappa shape index (κ1) is 15.1. The maximum atomic E-state index is 12.4. The Kier molecular flexibility index (Phi) is 4.22. The third-order valence-corrected chi connectivity index (χ3v) is 5.26. The van der Waals surface area contributed by atoms with Crippen molar-refractivity contribution in [1.82, 2.24) is 0 Å². The molecule has 0 aliphatic carbocycles. The molecule has 7 heteroatoms. The average molecular weight is 332 g/mol. The molecule has 1 heterocycles. The van der Waals surface area contributed by atoms with Gasteiger partial charge in [-0.15, -0.1) is 0 Å². The minimum atomic E-state index is -3.84. The molecule has 1 aromatic carbocycles. The molecule has 0 unspecified atom stereocenters. The van der Waals surface area contributed by atoms with Gasteiger partial charge in [0.05, 0.1) is 5.75 Å². The number of aromatic nitrogens is 1. The molecule has 0 N–H and O–H groups in total. The number of benzene rings is 1. The fourth-order valence-corrected chi connectivity index (χ4v) is 4.30. The summed E-state index contributed by atoms with van der Waals surface area (Å²) in [6, 6.07) is 7.80. The molecule has 20 heavy (non-hydrogen) atoms. The molecule has 2 aromatic rings. The number of aryl methyl sites for hydroxylation is 1. The quantitative estimate of drug-likeness (QED) is 0.641. The highest BCUT2D eigenvalue weighted by Gasteiger charge is 2.28. The molecule has 0 radical (unpaired) electrons. The Morgan fingerprint density at radius 3 is 2.30 bits per heavy atom. The number of hydrogen-bond donors (Lipinski definition) is 0. The average Bonchev–Trinajstić information content (AvgIpc) is 2.33. The van der Waals surface area contributed by atoms with Crippen molar-refractivity contribution in [2.24, 2.45) is 0 Å². The number of nitrogens with zero attached hydrogens (tertiary/aromatic N) is 1. The summed E-state index contributed by atoms with van der Waals surface area (Å²) in [5.74, 6) is -0.418. The van der Waals surface area contributed by atoms with Crippen molar-refractivity contribution in [3.8, 4) is 0 Å². The van der Waals surface area contributed by atoms with Crippen LogP contribution in [0.1, 0.15) is 11.1 Å². The molecule has 4 nitrogen and oxygen atoms in total. The smallest absolute Gasteiger partial charge is 0.311 e. The topological polar surface area (TPSA) is 61.1 Å². The van der Waals surface area contributed by atoms with Gasteiger partial charge < -0.3 is 5.21 Å². The summed E-state index contributed by atoms with van der Waals surface area (Å²) in [7, 11) is -3.84. The number of sulfone groups is 1. The van der Waals surface area contributed by atoms with Gasteiger partial charge in [-0.05, 0) is 25.1 Å². The molecule has 0 aliphatic heterocycles. The minimum Gasteiger partial charge on any atom is -0.618 e. The van der Waals surface area contributed by atoms with Crippen molar-refractivity contribution >= 4 is 33.0 Å². The lowest BCUT2D eigenvalue weighted by Crippen LogP contribution is -2.35. The van der Waals surface area contributed by atoms with Crippen LogP contribution in [0.2, 0.25) is 10.0 Å². The first-order valence-corrected chi connectivity index (χ1v) is 8.08. The summed E-state index contributed by atoms with van der Waals surface area (Å²) in [4.78, 5) is 0. The SMILES string of the molecule is Cc1ccc[n+]([O-])c1S(=O)(=O)Cc1c(Cl)cccc1Cl. The zero-order valence-electron chi connectivity index (χ0n) is 10.5. The minimum absolute atomic E-state index is 0.257. The number of rotatable bonds is 3. The van der Waals surface area contributed by atoms with Crippen LogP contribution < -0.4 is 4.73 Å². The monoisotopic (exact) mass is 331 g/mol. The molecule has 0 bridgehead atoms. The lowest BCUT2D eigenvalue weighted by molar-refractivity contribution is -0.647. The van der Waals surface area contributed by atoms with E-state index in [9.17, 15) is 13.6 Å². The van der Waals surface area contributed by atoms with Crippen LogP contribution in [0.25, 0.3) is 0 Å². The zero-order valence-corrected chi connectivity index (χ0v) is 12.8. The first-order chi connectivity index (χ1) is 9.33. The van der Waals surface area contributed by atoms with Gasteiger partial charge >= 0.3 is 5.03 Å². The van der Waals surface area contributed by atoms with E-state index in [2.05, 4.69) is 0 Å². The Bertz CT molecular complexity index is 720. The number of hydrogen-bond acceptors (Lipinski definition) is 3. The standard InChI is InChI=1S/C13H11Cl2NO3S/c1-9-4-3-7-16(17)13(9)20(18,19)8-10-11(14)5-2-6-12(10)15/h2-7H,8H2,1H3. The van der Waals surface area contributed by atoms with Gasteiger partial charge in [-0.25, -0.2) is 8.42 Å². The van der Waals surface area contributed by atoms with Gasteiger partial charge in [0.1, 0.15) is 0 Å². The molecule has 0 spiro atoms. The third-order valence-electron chi connectivity index (χ3n) is 2.80. The molecule has 0 fully saturated rings. The van der Waals surface area contributed by atoms with Gasteiger partial charge in [0, 0.05) is 27.2 Å². The first-order valence-electron chi connectivity index (χ1n) is 5.67. The van der Waals surface area contributed by atoms with Crippen molar-refractivity contribution in [2.75, 3.05) is 0 Å². The van der Waals surface area contributed by atoms with Crippen LogP contribution in [0.4, 0.5) is 0 Å². The fourth-order valence-electron chi connectivity index (χ4n) is 1.89. The molecule has 2 rings (SSSR count). The van der Waals surface area contributed by atoms with Crippen molar-refractivity contribution in [1.29, 1.82) is 0 Å². The Morgan fingerprint density at radius 1 is 1.15 bits per heavy atom. The third kappa shape index (κ3) is 2.90. The van der Waals surface area contributed by atoms with E-state index in [1.54, 1.807) is 31.2 Å². The van der Waals surface area contributed by atoms with E-state index in [1.165, 1.54) is 6.07 Å². The van der Waals surface area contributed by atoms with Crippen molar-refractivity contribution in [2.45, 2.75) is 17.7 Å². The van der Waals surface area contributed by atoms with Crippen LogP contribution in [0, 0.1) is 12.1 Å². The fraction of sp³-hybridized carbons (Fsp3) is 0.154. The lowest BCUT2D eigenvalue weighted by atomic mass is 10.2. The second kappa shape index (κ2) is 5.60. The Balaban J connectivity index is 2.53. The predicted octanol–water partition coefficient (Wildman–Crippen LogP) is 2.91. The van der Waals surface area contributed by atoms with E-state index < -0.39 is 15.6 Å². The molecule has 0 saturated carbocycles. The van der Waals surface area contributed by atoms with Gasteiger partial charge in [-0.3, -0.25) is 0 Å². The van der Waals surface area contributed by atoms with Crippen LogP contribution in [-0.2, 0) is 15.6 Å². The second-order valence-electron chi connectivity index (χ2n) is 4.28. The molecule has 0 atom stereocenters. The molecular weight excluding hydrogens is 321 g/mol. The highest BCUT2D eigenvalue weighted by Crippen LogP contribution is 2.28. The summed E-state index contributed by atoms with van der Waals surface area (Å²) >= 11 is 11.9. The molecule has 0 amide bonds. The Morgan fingerprint density at radius 2 is 1.75 bits per heavy atom. The van der Waals surface area contributed by atoms with Gasteiger partial charge in [0.25, 0.3) is 0 Å². The Hall–Kier alpha value is -1.30. The van der Waals surface area contributed by atoms with Crippen LogP contribution in [0.5, 0.6) is 0 Å². The summed E-state index contributed by atoms with van der Waals surface area (Å²) < 4.78 is 25.2. The van der Waals surface area contributed by atoms with Crippen LogP contribution >= 0.6 is 23.2 Å². The molecule has 106 valence electrons. The van der Waals surface area contributed by atoms with E-state index in [1.807, 2.05) is 0 Å². The van der Waals surface area contributed by atoms with Crippen molar-refractivity contribution in [3.63, 3.8) is 0 Å². The van der Waals surface area contributed by atoms with E-state index in [4.69, 9.17) is 23.2 Å². The van der Waals surface area contributed by atoms with E-state index in [0.29, 0.717) is 15.9 Å². The molecular formula is C13H11Cl2NO3S. The van der Waals surface area contributed by atoms with Crippen LogP contribution in [0.3, 0.4) is 0 Å². The largest absolute Gasteiger partial charge is 0.618 e.